The lowest BCUT2D eigenvalue weighted by Crippen LogP contribution is -2.40. The van der Waals surface area contributed by atoms with E-state index >= 15 is 0 Å². The number of carbonyl (C=O) groups is 2. The Morgan fingerprint density at radius 2 is 2.16 bits per heavy atom. The van der Waals surface area contributed by atoms with Crippen molar-refractivity contribution in [2.24, 2.45) is 0 Å². The number of likely N-dealkylation sites (tertiary alicyclic amines) is 1. The Hall–Kier alpha value is -2.94. The summed E-state index contributed by atoms with van der Waals surface area (Å²) in [6, 6.07) is 5.77. The molecule has 1 N–H and O–H groups in total. The molecule has 0 aromatic carbocycles. The molecule has 0 bridgehead atoms. The zero-order valence-corrected chi connectivity index (χ0v) is 18.3. The van der Waals surface area contributed by atoms with Gasteiger partial charge < -0.3 is 9.80 Å². The number of amides is 2. The van der Waals surface area contributed by atoms with Gasteiger partial charge in [-0.3, -0.25) is 19.5 Å². The summed E-state index contributed by atoms with van der Waals surface area (Å²) in [5.41, 5.74) is 2.59. The lowest BCUT2D eigenvalue weighted by Gasteiger charge is -2.35. The molecule has 1 saturated heterocycles. The third kappa shape index (κ3) is 3.67. The van der Waals surface area contributed by atoms with E-state index < -0.39 is 0 Å². The van der Waals surface area contributed by atoms with Crippen LogP contribution in [0.1, 0.15) is 54.1 Å². The predicted molar refractivity (Wildman–Crippen MR) is 117 cm³/mol. The molecule has 0 unspecified atom stereocenters. The molecule has 1 fully saturated rings. The molecule has 8 nitrogen and oxygen atoms in total. The highest BCUT2D eigenvalue weighted by Gasteiger charge is 2.30. The topological polar surface area (TPSA) is 90.8 Å². The third-order valence-corrected chi connectivity index (χ3v) is 7.19. The van der Waals surface area contributed by atoms with E-state index in [9.17, 15) is 14.4 Å². The van der Waals surface area contributed by atoms with Gasteiger partial charge in [-0.25, -0.2) is 9.50 Å². The average molecular weight is 440 g/mol. The highest BCUT2D eigenvalue weighted by Crippen LogP contribution is 2.31. The molecule has 0 aliphatic carbocycles. The molecule has 0 radical (unpaired) electrons. The summed E-state index contributed by atoms with van der Waals surface area (Å²) in [6.07, 6.45) is 3.86. The van der Waals surface area contributed by atoms with Crippen LogP contribution in [-0.4, -0.2) is 49.3 Å². The van der Waals surface area contributed by atoms with Gasteiger partial charge in [0.15, 0.2) is 5.65 Å². The van der Waals surface area contributed by atoms with Crippen LogP contribution in [0.2, 0.25) is 0 Å². The number of nitrogens with one attached hydrogen (secondary N) is 1. The Labute approximate surface area is 183 Å². The standard InChI is InChI=1S/C22H25N5O3S/c1-14(28)25-9-7-17-16(13-25)22(30)27-20(23-17)12-18(24-27)19-6-2-3-8-26(19)21(29)11-15-5-4-10-31-15/h4-5,10,12,19,24H,2-3,6-9,11,13H2,1H3/t19-/m0/s1. The number of rotatable bonds is 3. The van der Waals surface area contributed by atoms with Gasteiger partial charge in [-0.15, -0.1) is 11.3 Å². The Morgan fingerprint density at radius 1 is 1.29 bits per heavy atom. The van der Waals surface area contributed by atoms with Crippen molar-refractivity contribution in [3.8, 4) is 0 Å². The van der Waals surface area contributed by atoms with Crippen LogP contribution in [0, 0.1) is 0 Å². The van der Waals surface area contributed by atoms with Crippen LogP contribution in [0.3, 0.4) is 0 Å². The molecule has 1 atom stereocenters. The fourth-order valence-corrected chi connectivity index (χ4v) is 5.35. The SMILES string of the molecule is CC(=O)N1CCc2nc3cc([C@@H]4CCCCN4C(=O)Cc4cccs4)[nH]n3c(=O)c2C1. The van der Waals surface area contributed by atoms with Crippen LogP contribution in [0.15, 0.2) is 28.4 Å². The van der Waals surface area contributed by atoms with E-state index in [1.54, 1.807) is 16.2 Å². The second kappa shape index (κ2) is 7.96. The highest BCUT2D eigenvalue weighted by molar-refractivity contribution is 7.10. The molecule has 5 heterocycles. The van der Waals surface area contributed by atoms with Crippen LogP contribution < -0.4 is 5.56 Å². The lowest BCUT2D eigenvalue weighted by atomic mass is 9.99. The third-order valence-electron chi connectivity index (χ3n) is 6.31. The Morgan fingerprint density at radius 3 is 2.94 bits per heavy atom. The van der Waals surface area contributed by atoms with Crippen molar-refractivity contribution >= 4 is 28.8 Å². The largest absolute Gasteiger partial charge is 0.338 e. The number of hydrogen-bond acceptors (Lipinski definition) is 5. The second-order valence-electron chi connectivity index (χ2n) is 8.29. The molecule has 3 aromatic heterocycles. The van der Waals surface area contributed by atoms with Gasteiger partial charge in [0.2, 0.25) is 11.8 Å². The average Bonchev–Trinajstić information content (AvgIpc) is 3.43. The molecule has 2 aliphatic heterocycles. The summed E-state index contributed by atoms with van der Waals surface area (Å²) < 4.78 is 1.47. The van der Waals surface area contributed by atoms with Gasteiger partial charge in [0.1, 0.15) is 0 Å². The van der Waals surface area contributed by atoms with Gasteiger partial charge in [-0.2, -0.15) is 0 Å². The molecule has 5 rings (SSSR count). The van der Waals surface area contributed by atoms with Gasteiger partial charge in [-0.1, -0.05) is 6.07 Å². The fourth-order valence-electron chi connectivity index (χ4n) is 4.66. The number of thiophene rings is 1. The number of fused-ring (bicyclic) bond motifs is 2. The molecule has 2 aliphatic rings. The molecular weight excluding hydrogens is 414 g/mol. The van der Waals surface area contributed by atoms with E-state index in [1.807, 2.05) is 28.5 Å². The van der Waals surface area contributed by atoms with Gasteiger partial charge in [0.05, 0.1) is 36.0 Å². The van der Waals surface area contributed by atoms with Crippen LogP contribution >= 0.6 is 11.3 Å². The molecule has 0 spiro atoms. The van der Waals surface area contributed by atoms with E-state index in [4.69, 9.17) is 4.98 Å². The summed E-state index contributed by atoms with van der Waals surface area (Å²) in [6.45, 7) is 3.11. The zero-order chi connectivity index (χ0) is 21.5. The van der Waals surface area contributed by atoms with E-state index in [1.165, 1.54) is 11.4 Å². The number of piperidine rings is 1. The summed E-state index contributed by atoms with van der Waals surface area (Å²) >= 11 is 1.60. The number of nitrogens with zero attached hydrogens (tertiary/aromatic N) is 4. The summed E-state index contributed by atoms with van der Waals surface area (Å²) in [7, 11) is 0. The minimum atomic E-state index is -0.163. The number of aromatic amines is 1. The maximum Gasteiger partial charge on any atom is 0.277 e. The first-order chi connectivity index (χ1) is 15.0. The second-order valence-corrected chi connectivity index (χ2v) is 9.32. The van der Waals surface area contributed by atoms with Crippen LogP contribution in [0.25, 0.3) is 5.65 Å². The maximum atomic E-state index is 13.1. The molecule has 2 amide bonds. The van der Waals surface area contributed by atoms with Crippen molar-refractivity contribution in [3.63, 3.8) is 0 Å². The number of hydrogen-bond donors (Lipinski definition) is 1. The van der Waals surface area contributed by atoms with Crippen molar-refractivity contribution < 1.29 is 9.59 Å². The number of aromatic nitrogens is 3. The van der Waals surface area contributed by atoms with Crippen molar-refractivity contribution in [1.29, 1.82) is 0 Å². The Bertz CT molecular complexity index is 1200. The normalized spacial score (nSPS) is 18.9. The molecule has 0 saturated carbocycles. The Kier molecular flexibility index (Phi) is 5.13. The summed E-state index contributed by atoms with van der Waals surface area (Å²) in [4.78, 5) is 47.3. The number of carbonyl (C=O) groups excluding carboxylic acids is 2. The minimum absolute atomic E-state index is 0.0376. The minimum Gasteiger partial charge on any atom is -0.338 e. The lowest BCUT2D eigenvalue weighted by molar-refractivity contribution is -0.134. The molecule has 3 aromatic rings. The van der Waals surface area contributed by atoms with Crippen molar-refractivity contribution in [1.82, 2.24) is 24.4 Å². The molecule has 162 valence electrons. The predicted octanol–water partition coefficient (Wildman–Crippen LogP) is 2.29. The number of H-pyrrole nitrogens is 1. The molecule has 9 heteroatoms. The van der Waals surface area contributed by atoms with Gasteiger partial charge in [-0.05, 0) is 30.7 Å². The highest BCUT2D eigenvalue weighted by atomic mass is 32.1. The first kappa shape index (κ1) is 20.0. The van der Waals surface area contributed by atoms with Crippen LogP contribution in [0.4, 0.5) is 0 Å². The van der Waals surface area contributed by atoms with Gasteiger partial charge in [0, 0.05) is 37.4 Å². The summed E-state index contributed by atoms with van der Waals surface area (Å²) in [5, 5.41) is 5.21. The Balaban J connectivity index is 1.47. The van der Waals surface area contributed by atoms with E-state index in [0.29, 0.717) is 37.1 Å². The van der Waals surface area contributed by atoms with Crippen LogP contribution in [0.5, 0.6) is 0 Å². The molecule has 31 heavy (non-hydrogen) atoms. The first-order valence-electron chi connectivity index (χ1n) is 10.7. The van der Waals surface area contributed by atoms with Crippen LogP contribution in [-0.2, 0) is 29.0 Å². The first-order valence-corrected chi connectivity index (χ1v) is 11.6. The monoisotopic (exact) mass is 439 g/mol. The van der Waals surface area contributed by atoms with Gasteiger partial charge >= 0.3 is 0 Å². The fraction of sp³-hybridized carbons (Fsp3) is 0.455. The smallest absolute Gasteiger partial charge is 0.277 e. The quantitative estimate of drug-likeness (QED) is 0.678. The van der Waals surface area contributed by atoms with Gasteiger partial charge in [0.25, 0.3) is 5.56 Å². The van der Waals surface area contributed by atoms with Crippen molar-refractivity contribution in [3.05, 3.63) is 55.8 Å². The van der Waals surface area contributed by atoms with Crippen molar-refractivity contribution in [2.75, 3.05) is 13.1 Å². The summed E-state index contributed by atoms with van der Waals surface area (Å²) in [5.74, 6) is 0.0759. The van der Waals surface area contributed by atoms with E-state index in [0.717, 1.165) is 42.1 Å². The van der Waals surface area contributed by atoms with E-state index in [-0.39, 0.29) is 23.4 Å². The van der Waals surface area contributed by atoms with Crippen molar-refractivity contribution in [2.45, 2.75) is 51.6 Å². The van der Waals surface area contributed by atoms with E-state index in [2.05, 4.69) is 5.10 Å². The maximum absolute atomic E-state index is 13.1. The zero-order valence-electron chi connectivity index (χ0n) is 17.5. The molecular formula is C22H25N5O3S.